The number of hydrogen-bond acceptors (Lipinski definition) is 2. The Morgan fingerprint density at radius 2 is 2.00 bits per heavy atom. The lowest BCUT2D eigenvalue weighted by molar-refractivity contribution is 0.0510. The average Bonchev–Trinajstić information content (AvgIpc) is 2.25. The fourth-order valence-corrected chi connectivity index (χ4v) is 1.49. The molecule has 0 amide bonds. The quantitative estimate of drug-likeness (QED) is 0.754. The first-order valence-corrected chi connectivity index (χ1v) is 5.16. The van der Waals surface area contributed by atoms with Gasteiger partial charge in [0.2, 0.25) is 0 Å². The summed E-state index contributed by atoms with van der Waals surface area (Å²) in [7, 11) is 0. The van der Waals surface area contributed by atoms with Crippen LogP contribution in [0.3, 0.4) is 0 Å². The van der Waals surface area contributed by atoms with E-state index in [1.165, 1.54) is 5.56 Å². The topological polar surface area (TPSA) is 29.5 Å². The number of benzene rings is 1. The second-order valence-electron chi connectivity index (χ2n) is 3.22. The van der Waals surface area contributed by atoms with Crippen LogP contribution in [0.15, 0.2) is 30.3 Å². The summed E-state index contributed by atoms with van der Waals surface area (Å²) in [6, 6.07) is 10.2. The third kappa shape index (κ3) is 3.48. The van der Waals surface area contributed by atoms with Crippen LogP contribution in [-0.4, -0.2) is 18.3 Å². The Balaban J connectivity index is 2.58. The van der Waals surface area contributed by atoms with Crippen molar-refractivity contribution in [1.82, 2.24) is 0 Å². The van der Waals surface area contributed by atoms with Crippen molar-refractivity contribution in [2.75, 3.05) is 13.2 Å². The van der Waals surface area contributed by atoms with Crippen molar-refractivity contribution < 1.29 is 9.84 Å². The van der Waals surface area contributed by atoms with Crippen LogP contribution in [0.4, 0.5) is 0 Å². The predicted molar refractivity (Wildman–Crippen MR) is 57.1 cm³/mol. The first-order chi connectivity index (χ1) is 6.88. The monoisotopic (exact) mass is 194 g/mol. The molecule has 1 atom stereocenters. The van der Waals surface area contributed by atoms with Gasteiger partial charge in [0.1, 0.15) is 0 Å². The van der Waals surface area contributed by atoms with Crippen molar-refractivity contribution >= 4 is 0 Å². The standard InChI is InChI=1S/C12H18O2/c1-2-14-12(9-6-10-13)11-7-4-3-5-8-11/h3-5,7-8,12-13H,2,6,9-10H2,1H3. The fraction of sp³-hybridized carbons (Fsp3) is 0.500. The molecule has 1 aromatic rings. The molecule has 1 N–H and O–H groups in total. The lowest BCUT2D eigenvalue weighted by atomic mass is 10.1. The molecule has 1 aromatic carbocycles. The summed E-state index contributed by atoms with van der Waals surface area (Å²) >= 11 is 0. The normalized spacial score (nSPS) is 12.7. The van der Waals surface area contributed by atoms with Gasteiger partial charge in [-0.3, -0.25) is 0 Å². The molecule has 0 saturated heterocycles. The zero-order valence-corrected chi connectivity index (χ0v) is 8.65. The maximum Gasteiger partial charge on any atom is 0.0825 e. The Kier molecular flexibility index (Phi) is 5.27. The van der Waals surface area contributed by atoms with E-state index >= 15 is 0 Å². The van der Waals surface area contributed by atoms with E-state index in [1.54, 1.807) is 0 Å². The van der Waals surface area contributed by atoms with Crippen molar-refractivity contribution in [2.45, 2.75) is 25.9 Å². The SMILES string of the molecule is CCOC(CCCO)c1ccccc1. The number of aliphatic hydroxyl groups is 1. The average molecular weight is 194 g/mol. The van der Waals surface area contributed by atoms with E-state index < -0.39 is 0 Å². The van der Waals surface area contributed by atoms with Crippen LogP contribution in [-0.2, 0) is 4.74 Å². The van der Waals surface area contributed by atoms with Gasteiger partial charge >= 0.3 is 0 Å². The number of rotatable bonds is 6. The first kappa shape index (κ1) is 11.2. The maximum absolute atomic E-state index is 8.77. The summed E-state index contributed by atoms with van der Waals surface area (Å²) in [5, 5.41) is 8.77. The molecular formula is C12H18O2. The maximum atomic E-state index is 8.77. The zero-order chi connectivity index (χ0) is 10.2. The van der Waals surface area contributed by atoms with Gasteiger partial charge in [-0.05, 0) is 25.3 Å². The highest BCUT2D eigenvalue weighted by atomic mass is 16.5. The van der Waals surface area contributed by atoms with Gasteiger partial charge in [0, 0.05) is 13.2 Å². The molecule has 0 spiro atoms. The summed E-state index contributed by atoms with van der Waals surface area (Å²) in [6.07, 6.45) is 1.81. The molecule has 0 heterocycles. The molecular weight excluding hydrogens is 176 g/mol. The van der Waals surface area contributed by atoms with Crippen LogP contribution in [0.1, 0.15) is 31.4 Å². The van der Waals surface area contributed by atoms with Gasteiger partial charge in [-0.1, -0.05) is 30.3 Å². The molecule has 0 saturated carbocycles. The predicted octanol–water partition coefficient (Wildman–Crippen LogP) is 2.54. The third-order valence-corrected chi connectivity index (χ3v) is 2.16. The Morgan fingerprint density at radius 3 is 2.57 bits per heavy atom. The van der Waals surface area contributed by atoms with Crippen molar-refractivity contribution in [1.29, 1.82) is 0 Å². The number of hydrogen-bond donors (Lipinski definition) is 1. The van der Waals surface area contributed by atoms with E-state index in [2.05, 4.69) is 12.1 Å². The molecule has 0 aromatic heterocycles. The molecule has 1 rings (SSSR count). The van der Waals surface area contributed by atoms with Crippen molar-refractivity contribution in [3.63, 3.8) is 0 Å². The van der Waals surface area contributed by atoms with Gasteiger partial charge in [-0.15, -0.1) is 0 Å². The lowest BCUT2D eigenvalue weighted by Gasteiger charge is -2.16. The molecule has 1 unspecified atom stereocenters. The molecule has 0 bridgehead atoms. The van der Waals surface area contributed by atoms with Gasteiger partial charge in [-0.2, -0.15) is 0 Å². The highest BCUT2D eigenvalue weighted by Crippen LogP contribution is 2.21. The van der Waals surface area contributed by atoms with Gasteiger partial charge < -0.3 is 9.84 Å². The Morgan fingerprint density at radius 1 is 1.29 bits per heavy atom. The number of aliphatic hydroxyl groups excluding tert-OH is 1. The van der Waals surface area contributed by atoms with E-state index in [0.29, 0.717) is 6.61 Å². The minimum atomic E-state index is 0.133. The van der Waals surface area contributed by atoms with Gasteiger partial charge in [0.25, 0.3) is 0 Å². The lowest BCUT2D eigenvalue weighted by Crippen LogP contribution is -2.05. The van der Waals surface area contributed by atoms with Crippen molar-refractivity contribution in [3.8, 4) is 0 Å². The van der Waals surface area contributed by atoms with Crippen molar-refractivity contribution in [3.05, 3.63) is 35.9 Å². The Hall–Kier alpha value is -0.860. The summed E-state index contributed by atoms with van der Waals surface area (Å²) < 4.78 is 5.62. The van der Waals surface area contributed by atoms with Crippen LogP contribution >= 0.6 is 0 Å². The highest BCUT2D eigenvalue weighted by Gasteiger charge is 2.09. The van der Waals surface area contributed by atoms with E-state index in [-0.39, 0.29) is 12.7 Å². The van der Waals surface area contributed by atoms with Crippen LogP contribution in [0.2, 0.25) is 0 Å². The summed E-state index contributed by atoms with van der Waals surface area (Å²) in [5.74, 6) is 0. The molecule has 14 heavy (non-hydrogen) atoms. The summed E-state index contributed by atoms with van der Waals surface area (Å²) in [4.78, 5) is 0. The zero-order valence-electron chi connectivity index (χ0n) is 8.65. The first-order valence-electron chi connectivity index (χ1n) is 5.16. The molecule has 2 nitrogen and oxygen atoms in total. The molecule has 0 aliphatic heterocycles. The molecule has 0 aliphatic rings. The van der Waals surface area contributed by atoms with E-state index in [4.69, 9.17) is 9.84 Å². The molecule has 78 valence electrons. The number of ether oxygens (including phenoxy) is 1. The van der Waals surface area contributed by atoms with Crippen LogP contribution in [0.25, 0.3) is 0 Å². The van der Waals surface area contributed by atoms with Gasteiger partial charge in [0.05, 0.1) is 6.10 Å². The van der Waals surface area contributed by atoms with Crippen LogP contribution < -0.4 is 0 Å². The molecule has 0 aliphatic carbocycles. The van der Waals surface area contributed by atoms with Crippen LogP contribution in [0.5, 0.6) is 0 Å². The van der Waals surface area contributed by atoms with Gasteiger partial charge in [-0.25, -0.2) is 0 Å². The smallest absolute Gasteiger partial charge is 0.0825 e. The minimum absolute atomic E-state index is 0.133. The summed E-state index contributed by atoms with van der Waals surface area (Å²) in [6.45, 7) is 2.94. The second kappa shape index (κ2) is 6.57. The van der Waals surface area contributed by atoms with Crippen LogP contribution in [0, 0.1) is 0 Å². The highest BCUT2D eigenvalue weighted by molar-refractivity contribution is 5.17. The third-order valence-electron chi connectivity index (χ3n) is 2.16. The summed E-state index contributed by atoms with van der Waals surface area (Å²) in [5.41, 5.74) is 1.20. The Labute approximate surface area is 85.5 Å². The molecule has 2 heteroatoms. The van der Waals surface area contributed by atoms with E-state index in [9.17, 15) is 0 Å². The van der Waals surface area contributed by atoms with E-state index in [0.717, 1.165) is 12.8 Å². The molecule has 0 fully saturated rings. The largest absolute Gasteiger partial charge is 0.396 e. The molecule has 0 radical (unpaired) electrons. The fourth-order valence-electron chi connectivity index (χ4n) is 1.49. The second-order valence-corrected chi connectivity index (χ2v) is 3.22. The van der Waals surface area contributed by atoms with E-state index in [1.807, 2.05) is 25.1 Å². The Bertz CT molecular complexity index is 233. The van der Waals surface area contributed by atoms with Gasteiger partial charge in [0.15, 0.2) is 0 Å². The minimum Gasteiger partial charge on any atom is -0.396 e. The van der Waals surface area contributed by atoms with Crippen molar-refractivity contribution in [2.24, 2.45) is 0 Å².